The third kappa shape index (κ3) is 1.36. The predicted molar refractivity (Wildman–Crippen MR) is 65.2 cm³/mol. The zero-order valence-corrected chi connectivity index (χ0v) is 10.2. The Labute approximate surface area is 101 Å². The maximum atomic E-state index is 6.35. The quantitative estimate of drug-likeness (QED) is 0.752. The average Bonchev–Trinajstić information content (AvgIpc) is 2.70. The monoisotopic (exact) mass is 237 g/mol. The van der Waals surface area contributed by atoms with Gasteiger partial charge in [0, 0.05) is 23.0 Å². The second kappa shape index (κ2) is 3.64. The Hall–Kier alpha value is -0.730. The van der Waals surface area contributed by atoms with E-state index in [1.54, 1.807) is 0 Å². The molecule has 0 saturated carbocycles. The molecule has 0 bridgehead atoms. The third-order valence-electron chi connectivity index (χ3n) is 3.78. The first-order valence-corrected chi connectivity index (χ1v) is 6.30. The number of benzene rings is 1. The fourth-order valence-electron chi connectivity index (χ4n) is 2.92. The highest BCUT2D eigenvalue weighted by Gasteiger charge is 2.31. The average molecular weight is 238 g/mol. The largest absolute Gasteiger partial charge is 0.493 e. The molecule has 0 fully saturated rings. The standard InChI is InChI=1S/C13H16ClNO/c1-7-2-3-10(15)12-9(14)6-8-4-5-16-13(8)11(7)12/h6-7,10H,2-5,15H2,1H3/t7?,10-/m1/s1. The highest BCUT2D eigenvalue weighted by molar-refractivity contribution is 6.31. The summed E-state index contributed by atoms with van der Waals surface area (Å²) in [6, 6.07) is 2.12. The Balaban J connectivity index is 2.27. The number of hydrogen-bond acceptors (Lipinski definition) is 2. The van der Waals surface area contributed by atoms with E-state index in [-0.39, 0.29) is 6.04 Å². The SMILES string of the molecule is CC1CC[C@@H](N)c2c(Cl)cc3c(c21)OCC3. The van der Waals surface area contributed by atoms with Gasteiger partial charge in [0.15, 0.2) is 0 Å². The van der Waals surface area contributed by atoms with Crippen LogP contribution in [0.5, 0.6) is 5.75 Å². The molecule has 3 rings (SSSR count). The molecule has 1 unspecified atom stereocenters. The summed E-state index contributed by atoms with van der Waals surface area (Å²) in [5, 5.41) is 0.832. The summed E-state index contributed by atoms with van der Waals surface area (Å²) in [5.74, 6) is 1.59. The first-order chi connectivity index (χ1) is 7.68. The Morgan fingerprint density at radius 3 is 3.00 bits per heavy atom. The van der Waals surface area contributed by atoms with E-state index < -0.39 is 0 Å². The minimum Gasteiger partial charge on any atom is -0.493 e. The van der Waals surface area contributed by atoms with Crippen molar-refractivity contribution in [1.82, 2.24) is 0 Å². The molecule has 2 nitrogen and oxygen atoms in total. The van der Waals surface area contributed by atoms with Crippen LogP contribution in [0.25, 0.3) is 0 Å². The van der Waals surface area contributed by atoms with Crippen LogP contribution in [0, 0.1) is 0 Å². The maximum absolute atomic E-state index is 6.35. The molecule has 16 heavy (non-hydrogen) atoms. The van der Waals surface area contributed by atoms with Crippen LogP contribution in [0.1, 0.15) is 48.4 Å². The summed E-state index contributed by atoms with van der Waals surface area (Å²) in [5.41, 5.74) is 9.82. The molecule has 2 aliphatic rings. The van der Waals surface area contributed by atoms with E-state index in [0.717, 1.165) is 42.2 Å². The summed E-state index contributed by atoms with van der Waals surface area (Å²) >= 11 is 6.35. The summed E-state index contributed by atoms with van der Waals surface area (Å²) in [6.45, 7) is 3.02. The molecule has 0 aromatic heterocycles. The molecule has 1 aliphatic carbocycles. The van der Waals surface area contributed by atoms with Gasteiger partial charge in [-0.3, -0.25) is 0 Å². The van der Waals surface area contributed by atoms with Gasteiger partial charge < -0.3 is 10.5 Å². The minimum absolute atomic E-state index is 0.0770. The smallest absolute Gasteiger partial charge is 0.126 e. The van der Waals surface area contributed by atoms with Crippen molar-refractivity contribution >= 4 is 11.6 Å². The van der Waals surface area contributed by atoms with E-state index in [1.807, 2.05) is 6.07 Å². The van der Waals surface area contributed by atoms with E-state index in [0.29, 0.717) is 5.92 Å². The summed E-state index contributed by atoms with van der Waals surface area (Å²) < 4.78 is 5.76. The van der Waals surface area contributed by atoms with Crippen LogP contribution in [0.4, 0.5) is 0 Å². The van der Waals surface area contributed by atoms with Crippen molar-refractivity contribution in [2.75, 3.05) is 6.61 Å². The molecular formula is C13H16ClNO. The normalized spacial score (nSPS) is 27.2. The van der Waals surface area contributed by atoms with Crippen molar-refractivity contribution in [1.29, 1.82) is 0 Å². The van der Waals surface area contributed by atoms with Gasteiger partial charge in [-0.1, -0.05) is 18.5 Å². The molecule has 1 aliphatic heterocycles. The number of nitrogens with two attached hydrogens (primary N) is 1. The van der Waals surface area contributed by atoms with E-state index in [2.05, 4.69) is 6.92 Å². The molecule has 1 heterocycles. The fraction of sp³-hybridized carbons (Fsp3) is 0.538. The molecule has 0 saturated heterocycles. The number of halogens is 1. The van der Waals surface area contributed by atoms with Gasteiger partial charge in [0.25, 0.3) is 0 Å². The van der Waals surface area contributed by atoms with E-state index in [9.17, 15) is 0 Å². The molecule has 0 radical (unpaired) electrons. The van der Waals surface area contributed by atoms with Crippen molar-refractivity contribution < 1.29 is 4.74 Å². The molecule has 0 spiro atoms. The Morgan fingerprint density at radius 1 is 1.38 bits per heavy atom. The first kappa shape index (κ1) is 10.4. The van der Waals surface area contributed by atoms with Gasteiger partial charge in [-0.05, 0) is 36.0 Å². The highest BCUT2D eigenvalue weighted by Crippen LogP contribution is 2.47. The summed E-state index contributed by atoms with van der Waals surface area (Å²) in [7, 11) is 0. The number of fused-ring (bicyclic) bond motifs is 3. The highest BCUT2D eigenvalue weighted by atomic mass is 35.5. The van der Waals surface area contributed by atoms with Gasteiger partial charge in [0.05, 0.1) is 6.61 Å². The van der Waals surface area contributed by atoms with Crippen LogP contribution in [-0.2, 0) is 6.42 Å². The van der Waals surface area contributed by atoms with Crippen LogP contribution >= 0.6 is 11.6 Å². The fourth-order valence-corrected chi connectivity index (χ4v) is 3.30. The Kier molecular flexibility index (Phi) is 2.37. The van der Waals surface area contributed by atoms with Crippen molar-refractivity contribution in [3.63, 3.8) is 0 Å². The van der Waals surface area contributed by atoms with Crippen molar-refractivity contribution in [2.45, 2.75) is 38.1 Å². The van der Waals surface area contributed by atoms with E-state index >= 15 is 0 Å². The number of ether oxygens (including phenoxy) is 1. The van der Waals surface area contributed by atoms with Crippen molar-refractivity contribution in [2.24, 2.45) is 5.73 Å². The van der Waals surface area contributed by atoms with Gasteiger partial charge in [-0.2, -0.15) is 0 Å². The molecule has 0 amide bonds. The third-order valence-corrected chi connectivity index (χ3v) is 4.09. The topological polar surface area (TPSA) is 35.2 Å². The Morgan fingerprint density at radius 2 is 2.19 bits per heavy atom. The maximum Gasteiger partial charge on any atom is 0.126 e. The molecule has 2 N–H and O–H groups in total. The number of rotatable bonds is 0. The molecule has 1 aromatic carbocycles. The summed E-state index contributed by atoms with van der Waals surface area (Å²) in [4.78, 5) is 0. The lowest BCUT2D eigenvalue weighted by atomic mass is 9.80. The zero-order valence-electron chi connectivity index (χ0n) is 9.42. The molecule has 2 atom stereocenters. The lowest BCUT2D eigenvalue weighted by molar-refractivity contribution is 0.346. The van der Waals surface area contributed by atoms with Crippen LogP contribution in [0.15, 0.2) is 6.07 Å². The predicted octanol–water partition coefficient (Wildman–Crippen LogP) is 3.17. The molecule has 1 aromatic rings. The molecule has 3 heteroatoms. The Bertz CT molecular complexity index is 444. The van der Waals surface area contributed by atoms with Gasteiger partial charge in [0.1, 0.15) is 5.75 Å². The van der Waals surface area contributed by atoms with Crippen molar-refractivity contribution in [3.05, 3.63) is 27.8 Å². The van der Waals surface area contributed by atoms with Crippen LogP contribution in [0.2, 0.25) is 5.02 Å². The summed E-state index contributed by atoms with van der Waals surface area (Å²) in [6.07, 6.45) is 3.13. The van der Waals surface area contributed by atoms with E-state index in [4.69, 9.17) is 22.1 Å². The minimum atomic E-state index is 0.0770. The zero-order chi connectivity index (χ0) is 11.3. The second-order valence-corrected chi connectivity index (χ2v) is 5.26. The molecular weight excluding hydrogens is 222 g/mol. The van der Waals surface area contributed by atoms with E-state index in [1.165, 1.54) is 11.1 Å². The lowest BCUT2D eigenvalue weighted by Gasteiger charge is -2.29. The van der Waals surface area contributed by atoms with Crippen LogP contribution in [-0.4, -0.2) is 6.61 Å². The van der Waals surface area contributed by atoms with Crippen molar-refractivity contribution in [3.8, 4) is 5.75 Å². The van der Waals surface area contributed by atoms with Gasteiger partial charge >= 0.3 is 0 Å². The first-order valence-electron chi connectivity index (χ1n) is 5.92. The van der Waals surface area contributed by atoms with Gasteiger partial charge in [-0.25, -0.2) is 0 Å². The van der Waals surface area contributed by atoms with Crippen LogP contribution < -0.4 is 10.5 Å². The van der Waals surface area contributed by atoms with Gasteiger partial charge in [-0.15, -0.1) is 0 Å². The molecule has 86 valence electrons. The number of hydrogen-bond donors (Lipinski definition) is 1. The van der Waals surface area contributed by atoms with Gasteiger partial charge in [0.2, 0.25) is 0 Å². The second-order valence-electron chi connectivity index (χ2n) is 4.86. The lowest BCUT2D eigenvalue weighted by Crippen LogP contribution is -2.20. The van der Waals surface area contributed by atoms with Crippen LogP contribution in [0.3, 0.4) is 0 Å².